The summed E-state index contributed by atoms with van der Waals surface area (Å²) in [4.78, 5) is -0.0142. The first-order valence-corrected chi connectivity index (χ1v) is 7.01. The van der Waals surface area contributed by atoms with Gasteiger partial charge in [0.25, 0.3) is 9.05 Å². The molecule has 0 aliphatic heterocycles. The monoisotopic (exact) mass is 268 g/mol. The van der Waals surface area contributed by atoms with Crippen LogP contribution in [0.4, 0.5) is 0 Å². The SMILES string of the molecule is CCCOc1cc(S(=O)(=O)Cl)ccc1Cl. The van der Waals surface area contributed by atoms with Gasteiger partial charge in [0, 0.05) is 16.7 Å². The molecular formula is C9H10Cl2O3S. The van der Waals surface area contributed by atoms with Crippen molar-refractivity contribution in [2.45, 2.75) is 18.2 Å². The highest BCUT2D eigenvalue weighted by Crippen LogP contribution is 2.28. The van der Waals surface area contributed by atoms with E-state index in [1.165, 1.54) is 18.2 Å². The third-order valence-corrected chi connectivity index (χ3v) is 3.31. The van der Waals surface area contributed by atoms with Crippen LogP contribution in [-0.2, 0) is 9.05 Å². The Morgan fingerprint density at radius 3 is 2.60 bits per heavy atom. The Morgan fingerprint density at radius 1 is 1.40 bits per heavy atom. The Bertz CT molecular complexity index is 443. The van der Waals surface area contributed by atoms with E-state index in [2.05, 4.69) is 0 Å². The zero-order valence-corrected chi connectivity index (χ0v) is 10.4. The Balaban J connectivity index is 3.06. The molecule has 84 valence electrons. The van der Waals surface area contributed by atoms with Gasteiger partial charge in [-0.2, -0.15) is 0 Å². The molecule has 0 radical (unpaired) electrons. The van der Waals surface area contributed by atoms with Crippen LogP contribution in [0.1, 0.15) is 13.3 Å². The van der Waals surface area contributed by atoms with E-state index in [4.69, 9.17) is 27.0 Å². The molecule has 0 unspecified atom stereocenters. The number of ether oxygens (including phenoxy) is 1. The standard InChI is InChI=1S/C9H10Cl2O3S/c1-2-5-14-9-6-7(15(11,12)13)3-4-8(9)10/h3-4,6H,2,5H2,1H3. The van der Waals surface area contributed by atoms with Crippen molar-refractivity contribution >= 4 is 31.3 Å². The van der Waals surface area contributed by atoms with Crippen molar-refractivity contribution in [1.82, 2.24) is 0 Å². The topological polar surface area (TPSA) is 43.4 Å². The summed E-state index contributed by atoms with van der Waals surface area (Å²) in [7, 11) is 1.46. The first-order valence-electron chi connectivity index (χ1n) is 4.32. The van der Waals surface area contributed by atoms with E-state index in [1.54, 1.807) is 0 Å². The van der Waals surface area contributed by atoms with Crippen LogP contribution in [-0.4, -0.2) is 15.0 Å². The van der Waals surface area contributed by atoms with Gasteiger partial charge in [0.15, 0.2) is 0 Å². The molecule has 0 atom stereocenters. The maximum Gasteiger partial charge on any atom is 0.261 e. The Hall–Kier alpha value is -0.450. The molecule has 1 rings (SSSR count). The average molecular weight is 269 g/mol. The maximum atomic E-state index is 11.0. The fourth-order valence-electron chi connectivity index (χ4n) is 0.958. The van der Waals surface area contributed by atoms with E-state index >= 15 is 0 Å². The van der Waals surface area contributed by atoms with Crippen LogP contribution in [0.3, 0.4) is 0 Å². The van der Waals surface area contributed by atoms with Gasteiger partial charge in [-0.05, 0) is 18.6 Å². The van der Waals surface area contributed by atoms with Crippen LogP contribution in [0.5, 0.6) is 5.75 Å². The first-order chi connectivity index (χ1) is 6.95. The van der Waals surface area contributed by atoms with Crippen LogP contribution < -0.4 is 4.74 Å². The molecule has 1 aromatic carbocycles. The quantitative estimate of drug-likeness (QED) is 0.789. The van der Waals surface area contributed by atoms with Crippen LogP contribution in [0.2, 0.25) is 5.02 Å². The van der Waals surface area contributed by atoms with E-state index < -0.39 is 9.05 Å². The van der Waals surface area contributed by atoms with Crippen molar-refractivity contribution in [2.75, 3.05) is 6.61 Å². The molecule has 1 aromatic rings. The average Bonchev–Trinajstić information content (AvgIpc) is 2.15. The van der Waals surface area contributed by atoms with Gasteiger partial charge in [0.2, 0.25) is 0 Å². The summed E-state index contributed by atoms with van der Waals surface area (Å²) < 4.78 is 27.3. The molecule has 15 heavy (non-hydrogen) atoms. The number of hydrogen-bond donors (Lipinski definition) is 0. The molecule has 0 aliphatic rings. The summed E-state index contributed by atoms with van der Waals surface area (Å²) in [6, 6.07) is 4.10. The van der Waals surface area contributed by atoms with E-state index in [1.807, 2.05) is 6.92 Å². The highest BCUT2D eigenvalue weighted by Gasteiger charge is 2.12. The molecule has 0 saturated heterocycles. The molecule has 0 bridgehead atoms. The van der Waals surface area contributed by atoms with Crippen molar-refractivity contribution in [3.63, 3.8) is 0 Å². The van der Waals surface area contributed by atoms with Crippen molar-refractivity contribution in [3.8, 4) is 5.75 Å². The third kappa shape index (κ3) is 3.55. The number of halogens is 2. The van der Waals surface area contributed by atoms with Gasteiger partial charge in [-0.1, -0.05) is 18.5 Å². The minimum Gasteiger partial charge on any atom is -0.492 e. The fourth-order valence-corrected chi connectivity index (χ4v) is 1.90. The molecule has 0 fully saturated rings. The molecular weight excluding hydrogens is 259 g/mol. The first kappa shape index (κ1) is 12.6. The van der Waals surface area contributed by atoms with Crippen LogP contribution in [0, 0.1) is 0 Å². The summed E-state index contributed by atoms with van der Waals surface area (Å²) in [6.45, 7) is 2.42. The largest absolute Gasteiger partial charge is 0.492 e. The minimum atomic E-state index is -3.73. The predicted octanol–water partition coefficient (Wildman–Crippen LogP) is 3.06. The summed E-state index contributed by atoms with van der Waals surface area (Å²) in [5.74, 6) is 0.334. The zero-order valence-electron chi connectivity index (χ0n) is 8.04. The Kier molecular flexibility index (Phi) is 4.25. The van der Waals surface area contributed by atoms with Gasteiger partial charge >= 0.3 is 0 Å². The lowest BCUT2D eigenvalue weighted by molar-refractivity contribution is 0.317. The minimum absolute atomic E-state index is 0.0142. The summed E-state index contributed by atoms with van der Waals surface area (Å²) in [5.41, 5.74) is 0. The third-order valence-electron chi connectivity index (χ3n) is 1.65. The van der Waals surface area contributed by atoms with Crippen molar-refractivity contribution < 1.29 is 13.2 Å². The zero-order chi connectivity index (χ0) is 11.5. The lowest BCUT2D eigenvalue weighted by atomic mass is 10.3. The predicted molar refractivity (Wildman–Crippen MR) is 60.3 cm³/mol. The van der Waals surface area contributed by atoms with E-state index in [-0.39, 0.29) is 4.90 Å². The summed E-state index contributed by atoms with van der Waals surface area (Å²) >= 11 is 5.82. The summed E-state index contributed by atoms with van der Waals surface area (Å²) in [5, 5.41) is 0.368. The molecule has 0 spiro atoms. The number of benzene rings is 1. The van der Waals surface area contributed by atoms with Crippen LogP contribution in [0.15, 0.2) is 23.1 Å². The van der Waals surface area contributed by atoms with Gasteiger partial charge in [-0.3, -0.25) is 0 Å². The van der Waals surface area contributed by atoms with E-state index in [0.717, 1.165) is 6.42 Å². The molecule has 0 saturated carbocycles. The normalized spacial score (nSPS) is 11.4. The smallest absolute Gasteiger partial charge is 0.261 e. The second kappa shape index (κ2) is 5.05. The molecule has 3 nitrogen and oxygen atoms in total. The van der Waals surface area contributed by atoms with E-state index in [9.17, 15) is 8.42 Å². The highest BCUT2D eigenvalue weighted by molar-refractivity contribution is 8.13. The second-order valence-electron chi connectivity index (χ2n) is 2.88. The lowest BCUT2D eigenvalue weighted by Gasteiger charge is -2.07. The number of rotatable bonds is 4. The molecule has 0 N–H and O–H groups in total. The van der Waals surface area contributed by atoms with Crippen molar-refractivity contribution in [3.05, 3.63) is 23.2 Å². The second-order valence-corrected chi connectivity index (χ2v) is 5.85. The van der Waals surface area contributed by atoms with Gasteiger partial charge in [-0.25, -0.2) is 8.42 Å². The van der Waals surface area contributed by atoms with E-state index in [0.29, 0.717) is 17.4 Å². The highest BCUT2D eigenvalue weighted by atomic mass is 35.7. The summed E-state index contributed by atoms with van der Waals surface area (Å²) in [6.07, 6.45) is 0.814. The fraction of sp³-hybridized carbons (Fsp3) is 0.333. The molecule has 0 aromatic heterocycles. The van der Waals surface area contributed by atoms with Crippen molar-refractivity contribution in [2.24, 2.45) is 0 Å². The molecule has 0 amide bonds. The number of hydrogen-bond acceptors (Lipinski definition) is 3. The Morgan fingerprint density at radius 2 is 2.07 bits per heavy atom. The molecule has 0 aliphatic carbocycles. The Labute approximate surface area is 98.4 Å². The van der Waals surface area contributed by atoms with Gasteiger partial charge < -0.3 is 4.74 Å². The van der Waals surface area contributed by atoms with Crippen molar-refractivity contribution in [1.29, 1.82) is 0 Å². The molecule has 6 heteroatoms. The lowest BCUT2D eigenvalue weighted by Crippen LogP contribution is -1.98. The van der Waals surface area contributed by atoms with Crippen LogP contribution >= 0.6 is 22.3 Å². The van der Waals surface area contributed by atoms with Gasteiger partial charge in [0.1, 0.15) is 5.75 Å². The van der Waals surface area contributed by atoms with Gasteiger partial charge in [-0.15, -0.1) is 0 Å². The van der Waals surface area contributed by atoms with Gasteiger partial charge in [0.05, 0.1) is 16.5 Å². The maximum absolute atomic E-state index is 11.0. The van der Waals surface area contributed by atoms with Crippen LogP contribution in [0.25, 0.3) is 0 Å². The molecule has 0 heterocycles.